The number of aliphatic hydroxyl groups is 1. The molecule has 0 saturated heterocycles. The molecule has 3 N–H and O–H groups in total. The second-order valence-electron chi connectivity index (χ2n) is 11.8. The molecule has 0 bridgehead atoms. The van der Waals surface area contributed by atoms with Crippen LogP contribution in [0, 0.1) is 5.92 Å². The van der Waals surface area contributed by atoms with Crippen LogP contribution in [0.4, 0.5) is 0 Å². The first kappa shape index (κ1) is 43.7. The summed E-state index contributed by atoms with van der Waals surface area (Å²) in [6, 6.07) is 0. The lowest BCUT2D eigenvalue weighted by atomic mass is 10.0. The van der Waals surface area contributed by atoms with Gasteiger partial charge < -0.3 is 24.4 Å². The van der Waals surface area contributed by atoms with Gasteiger partial charge in [0, 0.05) is 12.8 Å². The molecule has 0 amide bonds. The Balaban J connectivity index is 4.19. The SMILES string of the molecule is CC/C=C\C(O)C/C=C/C=C\C/C=C\C/C=C\CCCC(=O)O[C@H](COC(=O)CCCCCCCCCC(C)C)COP(=O)(O)O. The van der Waals surface area contributed by atoms with Crippen molar-refractivity contribution in [1.29, 1.82) is 0 Å². The van der Waals surface area contributed by atoms with Crippen LogP contribution in [0.2, 0.25) is 0 Å². The molecule has 0 aliphatic carbocycles. The Kier molecular flexibility index (Phi) is 28.6. The molecule has 10 heteroatoms. The zero-order valence-electron chi connectivity index (χ0n) is 28.5. The summed E-state index contributed by atoms with van der Waals surface area (Å²) < 4.78 is 26.1. The molecular weight excluding hydrogens is 607 g/mol. The average molecular weight is 669 g/mol. The van der Waals surface area contributed by atoms with E-state index in [-0.39, 0.29) is 19.4 Å². The zero-order chi connectivity index (χ0) is 34.3. The summed E-state index contributed by atoms with van der Waals surface area (Å²) in [5, 5.41) is 9.72. The van der Waals surface area contributed by atoms with Crippen LogP contribution in [0.1, 0.15) is 124 Å². The molecule has 0 radical (unpaired) electrons. The van der Waals surface area contributed by atoms with E-state index in [0.717, 1.165) is 44.4 Å². The van der Waals surface area contributed by atoms with E-state index in [1.54, 1.807) is 6.08 Å². The third-order valence-electron chi connectivity index (χ3n) is 6.80. The van der Waals surface area contributed by atoms with Crippen LogP contribution in [0.5, 0.6) is 0 Å². The number of phosphoric acid groups is 1. The van der Waals surface area contributed by atoms with Crippen molar-refractivity contribution in [1.82, 2.24) is 0 Å². The third-order valence-corrected chi connectivity index (χ3v) is 7.29. The van der Waals surface area contributed by atoms with Crippen LogP contribution in [-0.4, -0.2) is 52.3 Å². The molecular formula is C36H61O9P. The van der Waals surface area contributed by atoms with E-state index in [0.29, 0.717) is 25.7 Å². The first-order valence-corrected chi connectivity index (χ1v) is 18.6. The van der Waals surface area contributed by atoms with Crippen molar-refractivity contribution in [3.05, 3.63) is 60.8 Å². The van der Waals surface area contributed by atoms with E-state index in [9.17, 15) is 19.3 Å². The first-order valence-electron chi connectivity index (χ1n) is 17.0. The Labute approximate surface area is 278 Å². The predicted octanol–water partition coefficient (Wildman–Crippen LogP) is 8.61. The number of allylic oxidation sites excluding steroid dienone is 8. The molecule has 0 rings (SSSR count). The van der Waals surface area contributed by atoms with Crippen molar-refractivity contribution in [2.45, 2.75) is 136 Å². The minimum Gasteiger partial charge on any atom is -0.462 e. The van der Waals surface area contributed by atoms with Gasteiger partial charge in [-0.1, -0.05) is 126 Å². The Morgan fingerprint density at radius 3 is 2.02 bits per heavy atom. The van der Waals surface area contributed by atoms with E-state index in [1.165, 1.54) is 25.7 Å². The first-order chi connectivity index (χ1) is 22.0. The smallest absolute Gasteiger partial charge is 0.462 e. The maximum absolute atomic E-state index is 12.3. The van der Waals surface area contributed by atoms with Crippen LogP contribution in [-0.2, 0) is 28.2 Å². The molecule has 0 aromatic carbocycles. The van der Waals surface area contributed by atoms with E-state index in [2.05, 4.69) is 30.5 Å². The second-order valence-corrected chi connectivity index (χ2v) is 13.0. The standard InChI is InChI=1S/C36H61O9P/c1-4-5-26-33(37)27-22-18-14-10-8-6-7-9-11-15-20-24-29-36(39)45-34(31-44-46(40,41)42)30-43-35(38)28-23-19-16-12-13-17-21-25-32(2)3/h5-7,10-11,14-15,18,22,26,32-34,37H,4,8-9,12-13,16-17,19-21,23-25,27-31H2,1-3H3,(H2,40,41,42)/b7-6-,14-10-,15-11-,22-18+,26-5-/t33?,34-/m1/s1. The normalized spacial score (nSPS) is 14.1. The minimum atomic E-state index is -4.77. The molecule has 0 heterocycles. The maximum atomic E-state index is 12.3. The van der Waals surface area contributed by atoms with Crippen LogP contribution < -0.4 is 0 Å². The van der Waals surface area contributed by atoms with Crippen molar-refractivity contribution >= 4 is 19.8 Å². The van der Waals surface area contributed by atoms with Gasteiger partial charge in [0.2, 0.25) is 0 Å². The number of esters is 2. The molecule has 0 aliphatic heterocycles. The lowest BCUT2D eigenvalue weighted by Crippen LogP contribution is -2.29. The number of hydrogen-bond donors (Lipinski definition) is 3. The monoisotopic (exact) mass is 668 g/mol. The fourth-order valence-electron chi connectivity index (χ4n) is 4.26. The van der Waals surface area contributed by atoms with Gasteiger partial charge in [0.15, 0.2) is 6.10 Å². The molecule has 2 atom stereocenters. The molecule has 0 aliphatic rings. The Morgan fingerprint density at radius 1 is 0.739 bits per heavy atom. The van der Waals surface area contributed by atoms with Gasteiger partial charge in [-0.2, -0.15) is 0 Å². The van der Waals surface area contributed by atoms with Gasteiger partial charge in [0.05, 0.1) is 12.7 Å². The summed E-state index contributed by atoms with van der Waals surface area (Å²) in [6.07, 6.45) is 31.7. The molecule has 264 valence electrons. The maximum Gasteiger partial charge on any atom is 0.469 e. The number of carbonyl (C=O) groups excluding carboxylic acids is 2. The van der Waals surface area contributed by atoms with Crippen LogP contribution in [0.3, 0.4) is 0 Å². The van der Waals surface area contributed by atoms with Gasteiger partial charge in [0.1, 0.15) is 6.61 Å². The molecule has 1 unspecified atom stereocenters. The summed E-state index contributed by atoms with van der Waals surface area (Å²) in [5.41, 5.74) is 0. The van der Waals surface area contributed by atoms with Crippen molar-refractivity contribution < 1.29 is 43.0 Å². The van der Waals surface area contributed by atoms with Gasteiger partial charge >= 0.3 is 19.8 Å². The highest BCUT2D eigenvalue weighted by atomic mass is 31.2. The average Bonchev–Trinajstić information content (AvgIpc) is 3.00. The van der Waals surface area contributed by atoms with Gasteiger partial charge in [0.25, 0.3) is 0 Å². The third kappa shape index (κ3) is 33.1. The number of carbonyl (C=O) groups is 2. The largest absolute Gasteiger partial charge is 0.469 e. The number of phosphoric ester groups is 1. The highest BCUT2D eigenvalue weighted by Crippen LogP contribution is 2.35. The van der Waals surface area contributed by atoms with Crippen LogP contribution in [0.15, 0.2) is 60.8 Å². The van der Waals surface area contributed by atoms with Crippen molar-refractivity contribution in [3.8, 4) is 0 Å². The number of aliphatic hydroxyl groups excluding tert-OH is 1. The number of ether oxygens (including phenoxy) is 2. The van der Waals surface area contributed by atoms with Crippen molar-refractivity contribution in [3.63, 3.8) is 0 Å². The molecule has 9 nitrogen and oxygen atoms in total. The Bertz CT molecular complexity index is 963. The summed E-state index contributed by atoms with van der Waals surface area (Å²) >= 11 is 0. The molecule has 0 aromatic heterocycles. The molecule has 0 fully saturated rings. The van der Waals surface area contributed by atoms with Gasteiger partial charge in [-0.05, 0) is 50.9 Å². The number of rotatable bonds is 29. The Morgan fingerprint density at radius 2 is 1.35 bits per heavy atom. The second kappa shape index (κ2) is 30.1. The minimum absolute atomic E-state index is 0.113. The van der Waals surface area contributed by atoms with Gasteiger partial charge in [-0.15, -0.1) is 0 Å². The lowest BCUT2D eigenvalue weighted by molar-refractivity contribution is -0.161. The van der Waals surface area contributed by atoms with Gasteiger partial charge in [-0.3, -0.25) is 14.1 Å². The predicted molar refractivity (Wildman–Crippen MR) is 185 cm³/mol. The quantitative estimate of drug-likeness (QED) is 0.0235. The van der Waals surface area contributed by atoms with E-state index >= 15 is 0 Å². The highest BCUT2D eigenvalue weighted by molar-refractivity contribution is 7.46. The summed E-state index contributed by atoms with van der Waals surface area (Å²) in [6.45, 7) is 5.61. The topological polar surface area (TPSA) is 140 Å². The van der Waals surface area contributed by atoms with Crippen LogP contribution in [0.25, 0.3) is 0 Å². The van der Waals surface area contributed by atoms with Crippen molar-refractivity contribution in [2.75, 3.05) is 13.2 Å². The molecule has 0 spiro atoms. The lowest BCUT2D eigenvalue weighted by Gasteiger charge is -2.18. The van der Waals surface area contributed by atoms with E-state index < -0.39 is 38.6 Å². The van der Waals surface area contributed by atoms with Crippen molar-refractivity contribution in [2.24, 2.45) is 5.92 Å². The molecule has 0 saturated carbocycles. The summed E-state index contributed by atoms with van der Waals surface area (Å²) in [7, 11) is -4.77. The fraction of sp³-hybridized carbons (Fsp3) is 0.667. The summed E-state index contributed by atoms with van der Waals surface area (Å²) in [5.74, 6) is -0.240. The number of unbranched alkanes of at least 4 members (excludes halogenated alkanes) is 7. The molecule has 0 aromatic rings. The van der Waals surface area contributed by atoms with E-state index in [4.69, 9.17) is 19.3 Å². The highest BCUT2D eigenvalue weighted by Gasteiger charge is 2.22. The van der Waals surface area contributed by atoms with Gasteiger partial charge in [-0.25, -0.2) is 4.57 Å². The Hall–Kier alpha value is -2.29. The van der Waals surface area contributed by atoms with E-state index in [1.807, 2.05) is 49.5 Å². The number of hydrogen-bond acceptors (Lipinski definition) is 7. The summed E-state index contributed by atoms with van der Waals surface area (Å²) in [4.78, 5) is 42.5. The van der Waals surface area contributed by atoms with Crippen LogP contribution >= 0.6 is 7.82 Å². The molecule has 46 heavy (non-hydrogen) atoms. The fourth-order valence-corrected chi connectivity index (χ4v) is 4.62. The zero-order valence-corrected chi connectivity index (χ0v) is 29.4.